The van der Waals surface area contributed by atoms with Crippen molar-refractivity contribution in [2.75, 3.05) is 26.8 Å². The van der Waals surface area contributed by atoms with Gasteiger partial charge in [-0.05, 0) is 31.9 Å². The molecule has 1 saturated heterocycles. The van der Waals surface area contributed by atoms with Crippen LogP contribution in [-0.2, 0) is 14.8 Å². The van der Waals surface area contributed by atoms with Gasteiger partial charge in [0.05, 0.1) is 10.4 Å². The molecule has 1 N–H and O–H groups in total. The van der Waals surface area contributed by atoms with Crippen LogP contribution in [0.25, 0.3) is 0 Å². The van der Waals surface area contributed by atoms with E-state index in [2.05, 4.69) is 9.88 Å². The Balaban J connectivity index is 1.81. The van der Waals surface area contributed by atoms with Crippen LogP contribution in [0.5, 0.6) is 0 Å². The normalized spacial score (nSPS) is 20.1. The number of methoxy groups -OCH3 is 1. The lowest BCUT2D eigenvalue weighted by molar-refractivity contribution is 0.0765. The first-order chi connectivity index (χ1) is 12.9. The summed E-state index contributed by atoms with van der Waals surface area (Å²) < 4.78 is 38.6. The van der Waals surface area contributed by atoms with Gasteiger partial charge in [0.15, 0.2) is 5.69 Å². The van der Waals surface area contributed by atoms with Crippen LogP contribution in [0.2, 0.25) is 0 Å². The molecule has 1 aliphatic heterocycles. The lowest BCUT2D eigenvalue weighted by Crippen LogP contribution is -2.51. The van der Waals surface area contributed by atoms with Gasteiger partial charge in [0.1, 0.15) is 5.76 Å². The molecule has 27 heavy (non-hydrogen) atoms. The van der Waals surface area contributed by atoms with Gasteiger partial charge in [-0.2, -0.15) is 0 Å². The predicted molar refractivity (Wildman–Crippen MR) is 97.7 cm³/mol. The van der Waals surface area contributed by atoms with Crippen molar-refractivity contribution in [1.29, 1.82) is 0 Å². The maximum Gasteiger partial charge on any atom is 0.276 e. The second-order valence-corrected chi connectivity index (χ2v) is 8.42. The van der Waals surface area contributed by atoms with Crippen molar-refractivity contribution in [2.45, 2.75) is 30.2 Å². The summed E-state index contributed by atoms with van der Waals surface area (Å²) in [6.07, 6.45) is 0.947. The minimum atomic E-state index is -3.72. The number of carbonyl (C=O) groups excluding carboxylic acids is 1. The first-order valence-electron chi connectivity index (χ1n) is 8.66. The first kappa shape index (κ1) is 19.5. The lowest BCUT2D eigenvalue weighted by atomic mass is 9.96. The largest absolute Gasteiger partial charge is 0.385 e. The van der Waals surface area contributed by atoms with Crippen LogP contribution in [0.1, 0.15) is 29.1 Å². The van der Waals surface area contributed by atoms with E-state index < -0.39 is 15.6 Å². The second kappa shape index (κ2) is 7.79. The number of nitrogens with zero attached hydrogens (tertiary/aromatic N) is 2. The molecule has 0 radical (unpaired) electrons. The number of amides is 1. The van der Waals surface area contributed by atoms with Gasteiger partial charge in [0.25, 0.3) is 5.91 Å². The smallest absolute Gasteiger partial charge is 0.276 e. The molecule has 146 valence electrons. The molecule has 0 saturated carbocycles. The number of hydrogen-bond donors (Lipinski definition) is 1. The fourth-order valence-corrected chi connectivity index (χ4v) is 4.73. The van der Waals surface area contributed by atoms with Gasteiger partial charge < -0.3 is 14.2 Å². The summed E-state index contributed by atoms with van der Waals surface area (Å²) in [6.45, 7) is 2.76. The molecule has 1 amide bonds. The van der Waals surface area contributed by atoms with E-state index in [0.29, 0.717) is 31.8 Å². The monoisotopic (exact) mass is 393 g/mol. The third-order valence-electron chi connectivity index (χ3n) is 4.68. The van der Waals surface area contributed by atoms with Crippen molar-refractivity contribution in [1.82, 2.24) is 14.8 Å². The molecule has 1 aromatic carbocycles. The van der Waals surface area contributed by atoms with Crippen LogP contribution in [0.3, 0.4) is 0 Å². The van der Waals surface area contributed by atoms with Crippen LogP contribution in [0.15, 0.2) is 45.8 Å². The summed E-state index contributed by atoms with van der Waals surface area (Å²) >= 11 is 0. The van der Waals surface area contributed by atoms with E-state index in [1.165, 1.54) is 0 Å². The number of sulfonamides is 1. The highest BCUT2D eigenvalue weighted by molar-refractivity contribution is 7.89. The number of nitrogens with one attached hydrogen (secondary N) is 1. The topological polar surface area (TPSA) is 102 Å². The molecule has 1 fully saturated rings. The Bertz CT molecular complexity index is 897. The molecule has 0 bridgehead atoms. The second-order valence-electron chi connectivity index (χ2n) is 6.74. The van der Waals surface area contributed by atoms with Gasteiger partial charge >= 0.3 is 0 Å². The van der Waals surface area contributed by atoms with Crippen molar-refractivity contribution in [2.24, 2.45) is 0 Å². The van der Waals surface area contributed by atoms with Crippen molar-refractivity contribution < 1.29 is 22.5 Å². The molecule has 0 spiro atoms. The Morgan fingerprint density at radius 2 is 2.11 bits per heavy atom. The Kier molecular flexibility index (Phi) is 5.64. The molecule has 1 aliphatic rings. The number of aromatic nitrogens is 1. The number of aryl methyl sites for hydroxylation is 1. The molecule has 9 heteroatoms. The maximum atomic E-state index is 12.8. The number of hydrogen-bond acceptors (Lipinski definition) is 6. The number of rotatable bonds is 7. The molecule has 1 aromatic heterocycles. The van der Waals surface area contributed by atoms with Crippen molar-refractivity contribution in [3.63, 3.8) is 0 Å². The first-order valence-corrected chi connectivity index (χ1v) is 10.1. The van der Waals surface area contributed by atoms with E-state index in [4.69, 9.17) is 9.26 Å². The van der Waals surface area contributed by atoms with E-state index in [9.17, 15) is 13.2 Å². The minimum absolute atomic E-state index is 0.193. The van der Waals surface area contributed by atoms with Crippen LogP contribution in [0, 0.1) is 6.92 Å². The van der Waals surface area contributed by atoms with Gasteiger partial charge in [-0.15, -0.1) is 0 Å². The van der Waals surface area contributed by atoms with E-state index in [-0.39, 0.29) is 23.0 Å². The van der Waals surface area contributed by atoms with E-state index in [1.54, 1.807) is 55.3 Å². The van der Waals surface area contributed by atoms with E-state index in [1.807, 2.05) is 0 Å². The summed E-state index contributed by atoms with van der Waals surface area (Å²) in [7, 11) is -2.15. The SMILES string of the molecule is COCCC1(NS(=O)(=O)c2ccccc2)CCN(C(=O)c2cc(C)on2)C1. The number of ether oxygens (including phenoxy) is 1. The third-order valence-corrected chi connectivity index (χ3v) is 6.27. The highest BCUT2D eigenvalue weighted by Crippen LogP contribution is 2.28. The van der Waals surface area contributed by atoms with E-state index >= 15 is 0 Å². The quantitative estimate of drug-likeness (QED) is 0.766. The fourth-order valence-electron chi connectivity index (χ4n) is 3.25. The van der Waals surface area contributed by atoms with Gasteiger partial charge in [0, 0.05) is 32.9 Å². The average molecular weight is 393 g/mol. The van der Waals surface area contributed by atoms with E-state index in [0.717, 1.165) is 0 Å². The maximum absolute atomic E-state index is 12.8. The van der Waals surface area contributed by atoms with Gasteiger partial charge in [-0.25, -0.2) is 13.1 Å². The number of carbonyl (C=O) groups is 1. The zero-order valence-corrected chi connectivity index (χ0v) is 16.2. The molecule has 1 atom stereocenters. The van der Waals surface area contributed by atoms with Crippen LogP contribution in [-0.4, -0.2) is 56.7 Å². The zero-order chi connectivity index (χ0) is 19.5. The Morgan fingerprint density at radius 3 is 2.74 bits per heavy atom. The van der Waals surface area contributed by atoms with Crippen LogP contribution >= 0.6 is 0 Å². The summed E-state index contributed by atoms with van der Waals surface area (Å²) in [5.74, 6) is 0.276. The number of likely N-dealkylation sites (tertiary alicyclic amines) is 1. The zero-order valence-electron chi connectivity index (χ0n) is 15.3. The molecule has 3 rings (SSSR count). The summed E-state index contributed by atoms with van der Waals surface area (Å²) in [6, 6.07) is 9.77. The lowest BCUT2D eigenvalue weighted by Gasteiger charge is -2.30. The summed E-state index contributed by atoms with van der Waals surface area (Å²) in [5.41, 5.74) is -0.569. The van der Waals surface area contributed by atoms with Gasteiger partial charge in [-0.1, -0.05) is 23.4 Å². The molecule has 0 aliphatic carbocycles. The van der Waals surface area contributed by atoms with Gasteiger partial charge in [-0.3, -0.25) is 4.79 Å². The Hall–Kier alpha value is -2.23. The summed E-state index contributed by atoms with van der Waals surface area (Å²) in [5, 5.41) is 3.76. The molecule has 2 aromatic rings. The highest BCUT2D eigenvalue weighted by atomic mass is 32.2. The standard InChI is InChI=1S/C18H23N3O5S/c1-14-12-16(19-26-14)17(22)21-10-8-18(13-21,9-11-25-2)20-27(23,24)15-6-4-3-5-7-15/h3-7,12,20H,8-11,13H2,1-2H3. The predicted octanol–water partition coefficient (Wildman–Crippen LogP) is 1.58. The fraction of sp³-hybridized carbons (Fsp3) is 0.444. The minimum Gasteiger partial charge on any atom is -0.385 e. The van der Waals surface area contributed by atoms with Crippen LogP contribution in [0.4, 0.5) is 0 Å². The molecule has 8 nitrogen and oxygen atoms in total. The average Bonchev–Trinajstić information content (AvgIpc) is 3.27. The van der Waals surface area contributed by atoms with Crippen molar-refractivity contribution in [3.05, 3.63) is 47.9 Å². The Morgan fingerprint density at radius 1 is 1.37 bits per heavy atom. The third kappa shape index (κ3) is 4.37. The Labute approximate surface area is 158 Å². The summed E-state index contributed by atoms with van der Waals surface area (Å²) in [4.78, 5) is 14.4. The number of benzene rings is 1. The molecule has 1 unspecified atom stereocenters. The molecular weight excluding hydrogens is 370 g/mol. The van der Waals surface area contributed by atoms with Gasteiger partial charge in [0.2, 0.25) is 10.0 Å². The highest BCUT2D eigenvalue weighted by Gasteiger charge is 2.43. The van der Waals surface area contributed by atoms with Crippen molar-refractivity contribution >= 4 is 15.9 Å². The molecule has 2 heterocycles. The van der Waals surface area contributed by atoms with Crippen molar-refractivity contribution in [3.8, 4) is 0 Å². The molecular formula is C18H23N3O5S. The van der Waals surface area contributed by atoms with Crippen LogP contribution < -0.4 is 4.72 Å².